The smallest absolute Gasteiger partial charge is 0.407 e. The van der Waals surface area contributed by atoms with Crippen molar-refractivity contribution in [3.05, 3.63) is 71.3 Å². The highest BCUT2D eigenvalue weighted by Crippen LogP contribution is 2.57. The fourth-order valence-electron chi connectivity index (χ4n) is 6.08. The van der Waals surface area contributed by atoms with Crippen LogP contribution in [0.3, 0.4) is 0 Å². The second kappa shape index (κ2) is 8.98. The number of carbonyl (C=O) groups is 2. The number of fused-ring (bicyclic) bond motifs is 1. The Bertz CT molecular complexity index is 1230. The molecule has 1 saturated carbocycles. The zero-order valence-electron chi connectivity index (χ0n) is 19.5. The van der Waals surface area contributed by atoms with Crippen molar-refractivity contribution in [3.8, 4) is 0 Å². The molecule has 2 unspecified atom stereocenters. The summed E-state index contributed by atoms with van der Waals surface area (Å²) < 4.78 is 0. The maximum absolute atomic E-state index is 13.0. The SMILES string of the molecule is O=C(c1ccc(C[C@@H]2CC[C@H](C(O)c3ccccc3)N2C(=O)O)cn1)N1C[C@@H]2C(c3nn[nH]n3)[C@@H]2C1. The average molecular weight is 490 g/mol. The van der Waals surface area contributed by atoms with Crippen LogP contribution in [0, 0.1) is 11.8 Å². The molecule has 186 valence electrons. The van der Waals surface area contributed by atoms with Gasteiger partial charge in [-0.05, 0) is 48.3 Å². The van der Waals surface area contributed by atoms with Gasteiger partial charge < -0.3 is 15.1 Å². The van der Waals surface area contributed by atoms with Crippen LogP contribution in [0.15, 0.2) is 48.7 Å². The Kier molecular flexibility index (Phi) is 5.63. The number of hydrogen-bond acceptors (Lipinski definition) is 7. The highest BCUT2D eigenvalue weighted by atomic mass is 16.4. The molecule has 11 heteroatoms. The van der Waals surface area contributed by atoms with E-state index in [-0.39, 0.29) is 17.9 Å². The summed E-state index contributed by atoms with van der Waals surface area (Å²) in [5, 5.41) is 35.0. The number of nitrogens with one attached hydrogen (secondary N) is 1. The van der Waals surface area contributed by atoms with E-state index in [1.807, 2.05) is 41.3 Å². The highest BCUT2D eigenvalue weighted by molar-refractivity contribution is 5.92. The maximum atomic E-state index is 13.0. The van der Waals surface area contributed by atoms with Crippen LogP contribution in [0.25, 0.3) is 0 Å². The maximum Gasteiger partial charge on any atom is 0.407 e. The van der Waals surface area contributed by atoms with Gasteiger partial charge in [-0.15, -0.1) is 10.2 Å². The normalized spacial score (nSPS) is 27.6. The second-order valence-electron chi connectivity index (χ2n) is 9.93. The van der Waals surface area contributed by atoms with Crippen LogP contribution in [0.1, 0.15) is 52.3 Å². The summed E-state index contributed by atoms with van der Waals surface area (Å²) in [7, 11) is 0. The number of hydrogen-bond donors (Lipinski definition) is 3. The number of aromatic nitrogens is 5. The minimum atomic E-state index is -1.04. The van der Waals surface area contributed by atoms with Gasteiger partial charge in [-0.1, -0.05) is 41.6 Å². The molecule has 4 heterocycles. The van der Waals surface area contributed by atoms with Crippen molar-refractivity contribution in [2.45, 2.75) is 43.4 Å². The number of piperidine rings is 1. The Morgan fingerprint density at radius 2 is 1.86 bits per heavy atom. The quantitative estimate of drug-likeness (QED) is 0.475. The van der Waals surface area contributed by atoms with Crippen LogP contribution in [-0.2, 0) is 6.42 Å². The Labute approximate surface area is 207 Å². The molecule has 1 aromatic carbocycles. The molecular formula is C25H27N7O4. The molecule has 6 rings (SSSR count). The van der Waals surface area contributed by atoms with Crippen LogP contribution in [0.5, 0.6) is 0 Å². The lowest BCUT2D eigenvalue weighted by Crippen LogP contribution is -2.44. The first kappa shape index (κ1) is 22.6. The van der Waals surface area contributed by atoms with E-state index in [1.165, 1.54) is 4.90 Å². The first-order chi connectivity index (χ1) is 17.5. The molecule has 0 radical (unpaired) electrons. The van der Waals surface area contributed by atoms with Crippen LogP contribution in [0.4, 0.5) is 4.79 Å². The lowest BCUT2D eigenvalue weighted by molar-refractivity contribution is 0.0540. The van der Waals surface area contributed by atoms with E-state index in [1.54, 1.807) is 12.3 Å². The average Bonchev–Trinajstić information content (AvgIpc) is 3.39. The van der Waals surface area contributed by atoms with Crippen LogP contribution in [0.2, 0.25) is 0 Å². The predicted octanol–water partition coefficient (Wildman–Crippen LogP) is 1.87. The predicted molar refractivity (Wildman–Crippen MR) is 126 cm³/mol. The molecule has 1 aliphatic carbocycles. The van der Waals surface area contributed by atoms with Crippen LogP contribution >= 0.6 is 0 Å². The Morgan fingerprint density at radius 3 is 2.50 bits per heavy atom. The summed E-state index contributed by atoms with van der Waals surface area (Å²) in [5.74, 6) is 1.64. The molecule has 11 nitrogen and oxygen atoms in total. The molecule has 36 heavy (non-hydrogen) atoms. The molecule has 2 amide bonds. The van der Waals surface area contributed by atoms with Crippen molar-refractivity contribution in [2.75, 3.05) is 13.1 Å². The van der Waals surface area contributed by atoms with E-state index in [0.717, 1.165) is 11.4 Å². The van der Waals surface area contributed by atoms with Gasteiger partial charge in [-0.3, -0.25) is 14.7 Å². The fourth-order valence-corrected chi connectivity index (χ4v) is 6.08. The zero-order valence-corrected chi connectivity index (χ0v) is 19.5. The summed E-state index contributed by atoms with van der Waals surface area (Å²) in [6.45, 7) is 1.32. The molecule has 2 aromatic heterocycles. The number of pyridine rings is 1. The molecular weight excluding hydrogens is 462 g/mol. The molecule has 3 fully saturated rings. The summed E-state index contributed by atoms with van der Waals surface area (Å²) in [6, 6.07) is 12.0. The van der Waals surface area contributed by atoms with E-state index in [9.17, 15) is 19.8 Å². The van der Waals surface area contributed by atoms with E-state index in [2.05, 4.69) is 25.6 Å². The van der Waals surface area contributed by atoms with Gasteiger partial charge in [0, 0.05) is 31.2 Å². The Morgan fingerprint density at radius 1 is 1.08 bits per heavy atom. The summed E-state index contributed by atoms with van der Waals surface area (Å²) in [5.41, 5.74) is 1.95. The molecule has 0 bridgehead atoms. The molecule has 2 saturated heterocycles. The number of aromatic amines is 1. The molecule has 3 N–H and O–H groups in total. The Hall–Kier alpha value is -3.86. The van der Waals surface area contributed by atoms with Crippen molar-refractivity contribution in [1.82, 2.24) is 35.4 Å². The van der Waals surface area contributed by atoms with Gasteiger partial charge in [0.25, 0.3) is 5.91 Å². The van der Waals surface area contributed by atoms with Crippen molar-refractivity contribution >= 4 is 12.0 Å². The van der Waals surface area contributed by atoms with Crippen molar-refractivity contribution < 1.29 is 19.8 Å². The third kappa shape index (κ3) is 3.98. The van der Waals surface area contributed by atoms with Gasteiger partial charge in [0.05, 0.1) is 12.1 Å². The first-order valence-corrected chi connectivity index (χ1v) is 12.2. The van der Waals surface area contributed by atoms with E-state index in [0.29, 0.717) is 55.4 Å². The van der Waals surface area contributed by atoms with Crippen molar-refractivity contribution in [2.24, 2.45) is 11.8 Å². The van der Waals surface area contributed by atoms with Gasteiger partial charge in [0.2, 0.25) is 0 Å². The number of H-pyrrole nitrogens is 1. The largest absolute Gasteiger partial charge is 0.465 e. The number of carboxylic acid groups (broad SMARTS) is 1. The molecule has 0 spiro atoms. The number of carbonyl (C=O) groups excluding carboxylic acids is 1. The Balaban J connectivity index is 1.08. The fraction of sp³-hybridized carbons (Fsp3) is 0.440. The standard InChI is InChI=1S/C25H27N7O4/c33-22(15-4-2-1-3-5-15)20-9-7-16(32(20)25(35)36)10-14-6-8-19(26-11-14)24(34)31-12-17-18(13-31)21(17)23-27-29-30-28-23/h1-6,8,11,16-18,20-22,33H,7,9-10,12-13H2,(H,35,36)(H,27,28,29,30)/t16-,17-,18+,20+,21?,22?/m0/s1. The van der Waals surface area contributed by atoms with Gasteiger partial charge in [0.1, 0.15) is 5.69 Å². The summed E-state index contributed by atoms with van der Waals surface area (Å²) in [6.07, 6.45) is 1.46. The number of tetrazole rings is 1. The lowest BCUT2D eigenvalue weighted by atomic mass is 10.0. The molecule has 3 aliphatic rings. The van der Waals surface area contributed by atoms with E-state index < -0.39 is 18.2 Å². The number of aliphatic hydroxyl groups is 1. The molecule has 6 atom stereocenters. The summed E-state index contributed by atoms with van der Waals surface area (Å²) in [4.78, 5) is 32.7. The number of amides is 2. The van der Waals surface area contributed by atoms with Crippen molar-refractivity contribution in [3.63, 3.8) is 0 Å². The minimum absolute atomic E-state index is 0.0975. The monoisotopic (exact) mass is 489 g/mol. The third-order valence-corrected chi connectivity index (χ3v) is 7.93. The number of aliphatic hydroxyl groups excluding tert-OH is 1. The number of likely N-dealkylation sites (tertiary alicyclic amines) is 2. The van der Waals surface area contributed by atoms with Crippen LogP contribution < -0.4 is 0 Å². The minimum Gasteiger partial charge on any atom is -0.465 e. The topological polar surface area (TPSA) is 148 Å². The third-order valence-electron chi connectivity index (χ3n) is 7.93. The zero-order chi connectivity index (χ0) is 24.8. The van der Waals surface area contributed by atoms with Gasteiger partial charge in [0.15, 0.2) is 5.82 Å². The van der Waals surface area contributed by atoms with Gasteiger partial charge in [-0.25, -0.2) is 4.79 Å². The molecule has 3 aromatic rings. The summed E-state index contributed by atoms with van der Waals surface area (Å²) >= 11 is 0. The van der Waals surface area contributed by atoms with E-state index in [4.69, 9.17) is 0 Å². The molecule has 2 aliphatic heterocycles. The number of benzene rings is 1. The van der Waals surface area contributed by atoms with Crippen molar-refractivity contribution in [1.29, 1.82) is 0 Å². The van der Waals surface area contributed by atoms with Gasteiger partial charge >= 0.3 is 6.09 Å². The number of nitrogens with zero attached hydrogens (tertiary/aromatic N) is 6. The lowest BCUT2D eigenvalue weighted by Gasteiger charge is -2.31. The first-order valence-electron chi connectivity index (χ1n) is 12.2. The van der Waals surface area contributed by atoms with Gasteiger partial charge in [-0.2, -0.15) is 5.21 Å². The van der Waals surface area contributed by atoms with Crippen LogP contribution in [-0.4, -0.2) is 82.8 Å². The highest BCUT2D eigenvalue weighted by Gasteiger charge is 2.59. The second-order valence-corrected chi connectivity index (χ2v) is 9.93. The number of rotatable bonds is 6. The van der Waals surface area contributed by atoms with E-state index >= 15 is 0 Å².